The molecule has 0 bridgehead atoms. The molecular formula is C36H58S2. The van der Waals surface area contributed by atoms with Gasteiger partial charge in [0.2, 0.25) is 0 Å². The number of hydrogen-bond acceptors (Lipinski definition) is 2. The first kappa shape index (κ1) is 33.3. The highest BCUT2D eigenvalue weighted by Crippen LogP contribution is 2.37. The minimum Gasteiger partial charge on any atom is -0.0654 e. The predicted molar refractivity (Wildman–Crippen MR) is 176 cm³/mol. The quantitative estimate of drug-likeness (QED) is 0.0884. The summed E-state index contributed by atoms with van der Waals surface area (Å²) in [5.41, 5.74) is 2.99. The van der Waals surface area contributed by atoms with Crippen LogP contribution in [0.3, 0.4) is 0 Å². The van der Waals surface area contributed by atoms with Crippen LogP contribution in [-0.2, 0) is 12.8 Å². The molecule has 0 saturated carbocycles. The van der Waals surface area contributed by atoms with Crippen LogP contribution in [0.2, 0.25) is 0 Å². The minimum absolute atomic E-state index is 1.23. The van der Waals surface area contributed by atoms with Crippen molar-refractivity contribution in [2.75, 3.05) is 0 Å². The molecule has 0 aliphatic heterocycles. The summed E-state index contributed by atoms with van der Waals surface area (Å²) < 4.78 is 0. The molecule has 0 spiro atoms. The van der Waals surface area contributed by atoms with Gasteiger partial charge in [-0.05, 0) is 61.1 Å². The standard InChI is InChI=1S/C36H58S2/c1-3-5-7-9-11-13-15-17-19-21-23-33-25-29-35(30-26-33)37-38-36-31-27-34(28-32-36)24-22-20-18-16-14-12-10-8-6-4-2/h25-32H,3-24H2,1-2H3. The molecule has 0 heterocycles. The molecule has 0 amide bonds. The molecule has 0 nitrogen and oxygen atoms in total. The zero-order valence-electron chi connectivity index (χ0n) is 25.0. The van der Waals surface area contributed by atoms with Gasteiger partial charge in [0.25, 0.3) is 0 Å². The Morgan fingerprint density at radius 1 is 0.342 bits per heavy atom. The molecule has 0 aliphatic carbocycles. The van der Waals surface area contributed by atoms with E-state index in [9.17, 15) is 0 Å². The summed E-state index contributed by atoms with van der Waals surface area (Å²) in [5.74, 6) is 0. The maximum atomic E-state index is 2.34. The van der Waals surface area contributed by atoms with Crippen molar-refractivity contribution in [1.29, 1.82) is 0 Å². The van der Waals surface area contributed by atoms with E-state index in [1.807, 2.05) is 21.6 Å². The number of aryl methyl sites for hydroxylation is 2. The summed E-state index contributed by atoms with van der Waals surface area (Å²) in [6.45, 7) is 4.59. The van der Waals surface area contributed by atoms with Gasteiger partial charge < -0.3 is 0 Å². The normalized spacial score (nSPS) is 11.3. The number of rotatable bonds is 25. The first-order chi connectivity index (χ1) is 18.8. The van der Waals surface area contributed by atoms with Crippen LogP contribution in [-0.4, -0.2) is 0 Å². The molecule has 0 N–H and O–H groups in total. The van der Waals surface area contributed by atoms with Gasteiger partial charge in [0, 0.05) is 9.79 Å². The second-order valence-corrected chi connectivity index (χ2v) is 13.6. The monoisotopic (exact) mass is 554 g/mol. The number of benzene rings is 2. The fourth-order valence-electron chi connectivity index (χ4n) is 5.15. The summed E-state index contributed by atoms with van der Waals surface area (Å²) in [5, 5.41) is 0. The third-order valence-electron chi connectivity index (χ3n) is 7.72. The average Bonchev–Trinajstić information content (AvgIpc) is 2.95. The van der Waals surface area contributed by atoms with Gasteiger partial charge in [0.15, 0.2) is 0 Å². The Bertz CT molecular complexity index is 697. The largest absolute Gasteiger partial charge is 0.0654 e. The summed E-state index contributed by atoms with van der Waals surface area (Å²) in [4.78, 5) is 2.72. The molecule has 214 valence electrons. The summed E-state index contributed by atoms with van der Waals surface area (Å²) >= 11 is 0. The first-order valence-electron chi connectivity index (χ1n) is 16.3. The Kier molecular flexibility index (Phi) is 21.0. The molecule has 2 heteroatoms. The highest BCUT2D eigenvalue weighted by Gasteiger charge is 2.01. The lowest BCUT2D eigenvalue weighted by Crippen LogP contribution is -1.87. The van der Waals surface area contributed by atoms with Crippen molar-refractivity contribution in [2.45, 2.75) is 165 Å². The Labute approximate surface area is 245 Å². The Balaban J connectivity index is 1.48. The summed E-state index contributed by atoms with van der Waals surface area (Å²) in [7, 11) is 3.77. The highest BCUT2D eigenvalue weighted by atomic mass is 33.1. The molecule has 0 saturated heterocycles. The molecule has 2 aromatic carbocycles. The molecular weight excluding hydrogens is 497 g/mol. The Morgan fingerprint density at radius 3 is 0.895 bits per heavy atom. The van der Waals surface area contributed by atoms with Crippen LogP contribution in [0.4, 0.5) is 0 Å². The first-order valence-corrected chi connectivity index (χ1v) is 18.5. The van der Waals surface area contributed by atoms with E-state index in [1.54, 1.807) is 0 Å². The smallest absolute Gasteiger partial charge is 0.0186 e. The molecule has 0 radical (unpaired) electrons. The van der Waals surface area contributed by atoms with E-state index < -0.39 is 0 Å². The van der Waals surface area contributed by atoms with Crippen LogP contribution >= 0.6 is 21.6 Å². The third-order valence-corrected chi connectivity index (χ3v) is 10.1. The lowest BCUT2D eigenvalue weighted by Gasteiger charge is -2.06. The molecule has 0 fully saturated rings. The van der Waals surface area contributed by atoms with Crippen LogP contribution in [0.1, 0.15) is 153 Å². The molecule has 0 atom stereocenters. The molecule has 0 aliphatic rings. The molecule has 0 aromatic heterocycles. The highest BCUT2D eigenvalue weighted by molar-refractivity contribution is 8.76. The van der Waals surface area contributed by atoms with Crippen LogP contribution in [0.5, 0.6) is 0 Å². The van der Waals surface area contributed by atoms with Crippen LogP contribution in [0.15, 0.2) is 58.3 Å². The number of unbranched alkanes of at least 4 members (excludes halogenated alkanes) is 18. The van der Waals surface area contributed by atoms with Crippen molar-refractivity contribution >= 4 is 21.6 Å². The van der Waals surface area contributed by atoms with Crippen LogP contribution in [0, 0.1) is 0 Å². The fourth-order valence-corrected chi connectivity index (χ4v) is 7.08. The lowest BCUT2D eigenvalue weighted by atomic mass is 10.0. The molecule has 0 unspecified atom stereocenters. The van der Waals surface area contributed by atoms with Crippen molar-refractivity contribution in [3.8, 4) is 0 Å². The lowest BCUT2D eigenvalue weighted by molar-refractivity contribution is 0.556. The van der Waals surface area contributed by atoms with Crippen molar-refractivity contribution in [1.82, 2.24) is 0 Å². The van der Waals surface area contributed by atoms with Crippen molar-refractivity contribution < 1.29 is 0 Å². The van der Waals surface area contributed by atoms with Gasteiger partial charge in [0.1, 0.15) is 0 Å². The van der Waals surface area contributed by atoms with Gasteiger partial charge in [-0.1, -0.05) is 175 Å². The Hall–Kier alpha value is -0.860. The zero-order valence-corrected chi connectivity index (χ0v) is 26.6. The maximum Gasteiger partial charge on any atom is 0.0186 e. The molecule has 2 rings (SSSR count). The van der Waals surface area contributed by atoms with Gasteiger partial charge >= 0.3 is 0 Å². The SMILES string of the molecule is CCCCCCCCCCCCc1ccc(SSc2ccc(CCCCCCCCCCCC)cc2)cc1. The third kappa shape index (κ3) is 17.7. The molecule has 38 heavy (non-hydrogen) atoms. The van der Waals surface area contributed by atoms with Gasteiger partial charge in [-0.15, -0.1) is 0 Å². The van der Waals surface area contributed by atoms with E-state index in [0.29, 0.717) is 0 Å². The van der Waals surface area contributed by atoms with E-state index in [4.69, 9.17) is 0 Å². The van der Waals surface area contributed by atoms with E-state index >= 15 is 0 Å². The van der Waals surface area contributed by atoms with Crippen molar-refractivity contribution in [3.05, 3.63) is 59.7 Å². The second-order valence-electron chi connectivity index (χ2n) is 11.3. The predicted octanol–water partition coefficient (Wildman–Crippen LogP) is 13.4. The fraction of sp³-hybridized carbons (Fsp3) is 0.667. The average molecular weight is 555 g/mol. The van der Waals surface area contributed by atoms with Gasteiger partial charge in [-0.25, -0.2) is 0 Å². The van der Waals surface area contributed by atoms with E-state index in [1.165, 1.54) is 162 Å². The second kappa shape index (κ2) is 24.0. The van der Waals surface area contributed by atoms with Crippen LogP contribution < -0.4 is 0 Å². The van der Waals surface area contributed by atoms with Crippen LogP contribution in [0.25, 0.3) is 0 Å². The number of hydrogen-bond donors (Lipinski definition) is 0. The Morgan fingerprint density at radius 2 is 0.605 bits per heavy atom. The van der Waals surface area contributed by atoms with Gasteiger partial charge in [0.05, 0.1) is 0 Å². The minimum atomic E-state index is 1.23. The summed E-state index contributed by atoms with van der Waals surface area (Å²) in [6.07, 6.45) is 30.7. The van der Waals surface area contributed by atoms with Gasteiger partial charge in [-0.2, -0.15) is 0 Å². The van der Waals surface area contributed by atoms with E-state index in [2.05, 4.69) is 62.4 Å². The maximum absolute atomic E-state index is 2.34. The van der Waals surface area contributed by atoms with Gasteiger partial charge in [-0.3, -0.25) is 0 Å². The summed E-state index contributed by atoms with van der Waals surface area (Å²) in [6, 6.07) is 18.6. The van der Waals surface area contributed by atoms with E-state index in [-0.39, 0.29) is 0 Å². The zero-order chi connectivity index (χ0) is 26.9. The topological polar surface area (TPSA) is 0 Å². The van der Waals surface area contributed by atoms with Crippen molar-refractivity contribution in [3.63, 3.8) is 0 Å². The van der Waals surface area contributed by atoms with E-state index in [0.717, 1.165) is 0 Å². The van der Waals surface area contributed by atoms with Crippen molar-refractivity contribution in [2.24, 2.45) is 0 Å². The molecule has 2 aromatic rings.